The number of anilines is 1. The number of unbranched alkanes of at least 4 members (excludes halogenated alkanes) is 1. The highest BCUT2D eigenvalue weighted by molar-refractivity contribution is 5.97. The molecule has 2 heterocycles. The van der Waals surface area contributed by atoms with E-state index >= 15 is 0 Å². The summed E-state index contributed by atoms with van der Waals surface area (Å²) in [6, 6.07) is 22.7. The van der Waals surface area contributed by atoms with Crippen LogP contribution in [0.3, 0.4) is 0 Å². The fourth-order valence-corrected chi connectivity index (χ4v) is 5.13. The molecule has 6 heteroatoms. The number of amides is 1. The molecule has 0 bridgehead atoms. The third-order valence-electron chi connectivity index (χ3n) is 6.94. The van der Waals surface area contributed by atoms with Crippen LogP contribution in [-0.4, -0.2) is 28.6 Å². The molecule has 0 saturated carbocycles. The molecule has 1 amide bonds. The van der Waals surface area contributed by atoms with E-state index in [1.807, 2.05) is 29.2 Å². The quantitative estimate of drug-likeness (QED) is 0.249. The number of hydrogen-bond acceptors (Lipinski definition) is 3. The van der Waals surface area contributed by atoms with E-state index in [9.17, 15) is 4.79 Å². The van der Waals surface area contributed by atoms with Gasteiger partial charge in [-0.15, -0.1) is 12.4 Å². The van der Waals surface area contributed by atoms with Crippen LogP contribution in [0.15, 0.2) is 66.7 Å². The largest absolute Gasteiger partial charge is 0.493 e. The van der Waals surface area contributed by atoms with E-state index in [-0.39, 0.29) is 24.2 Å². The van der Waals surface area contributed by atoms with E-state index in [0.717, 1.165) is 58.8 Å². The van der Waals surface area contributed by atoms with Crippen molar-refractivity contribution in [2.75, 3.05) is 18.1 Å². The molecule has 1 aliphatic heterocycles. The van der Waals surface area contributed by atoms with Gasteiger partial charge in [0, 0.05) is 31.1 Å². The number of carbonyl (C=O) groups excluding carboxylic acids is 1. The van der Waals surface area contributed by atoms with Crippen LogP contribution in [-0.2, 0) is 11.3 Å². The van der Waals surface area contributed by atoms with Gasteiger partial charge in [0.1, 0.15) is 11.6 Å². The van der Waals surface area contributed by atoms with Crippen LogP contribution >= 0.6 is 12.4 Å². The Hall–Kier alpha value is -3.31. The summed E-state index contributed by atoms with van der Waals surface area (Å²) in [6.45, 7) is 8.46. The Bertz CT molecular complexity index is 1360. The molecular formula is C30H34ClN3O2. The number of ether oxygens (including phenoxy) is 1. The lowest BCUT2D eigenvalue weighted by Gasteiger charge is -2.20. The molecule has 3 aromatic carbocycles. The maximum absolute atomic E-state index is 13.1. The van der Waals surface area contributed by atoms with Crippen LogP contribution in [0.2, 0.25) is 0 Å². The van der Waals surface area contributed by atoms with Crippen molar-refractivity contribution in [1.82, 2.24) is 9.55 Å². The van der Waals surface area contributed by atoms with Crippen LogP contribution in [0.25, 0.3) is 11.0 Å². The Labute approximate surface area is 219 Å². The van der Waals surface area contributed by atoms with Gasteiger partial charge in [0.2, 0.25) is 5.91 Å². The van der Waals surface area contributed by atoms with Gasteiger partial charge >= 0.3 is 0 Å². The molecule has 1 saturated heterocycles. The monoisotopic (exact) mass is 503 g/mol. The minimum Gasteiger partial charge on any atom is -0.493 e. The summed E-state index contributed by atoms with van der Waals surface area (Å²) in [6.07, 6.45) is 2.44. The molecule has 1 fully saturated rings. The zero-order valence-electron chi connectivity index (χ0n) is 21.2. The molecule has 5 nitrogen and oxygen atoms in total. The third-order valence-corrected chi connectivity index (χ3v) is 6.94. The number of para-hydroxylation sites is 3. The number of aryl methyl sites for hydroxylation is 4. The van der Waals surface area contributed by atoms with E-state index in [0.29, 0.717) is 19.6 Å². The minimum atomic E-state index is 0. The maximum atomic E-state index is 13.1. The number of fused-ring (bicyclic) bond motifs is 1. The number of carbonyl (C=O) groups is 1. The van der Waals surface area contributed by atoms with Gasteiger partial charge in [-0.3, -0.25) is 4.79 Å². The molecule has 36 heavy (non-hydrogen) atoms. The molecule has 1 unspecified atom stereocenters. The molecule has 0 spiro atoms. The standard InChI is InChI=1S/C30H33N3O2.ClH/c1-21-14-15-26(23(3)18-21)33-20-24(19-29(33)34)30-31-25-11-5-6-12-27(25)32(30)16-8-9-17-35-28-13-7-4-10-22(28)2;/h4-7,10-15,18,24H,8-9,16-17,19-20H2,1-3H3;1H. The smallest absolute Gasteiger partial charge is 0.227 e. The number of nitrogens with zero attached hydrogens (tertiary/aromatic N) is 3. The van der Waals surface area contributed by atoms with Gasteiger partial charge in [0.25, 0.3) is 0 Å². The van der Waals surface area contributed by atoms with Gasteiger partial charge in [0.05, 0.1) is 17.6 Å². The predicted molar refractivity (Wildman–Crippen MR) is 149 cm³/mol. The number of aromatic nitrogens is 2. The molecule has 0 aliphatic carbocycles. The fraction of sp³-hybridized carbons (Fsp3) is 0.333. The Morgan fingerprint density at radius 3 is 2.53 bits per heavy atom. The Balaban J connectivity index is 0.00000304. The van der Waals surface area contributed by atoms with Gasteiger partial charge in [-0.1, -0.05) is 48.0 Å². The SMILES string of the molecule is Cc1ccc(N2CC(c3nc4ccccc4n3CCCCOc3ccccc3C)CC2=O)c(C)c1.Cl. The van der Waals surface area contributed by atoms with E-state index in [1.54, 1.807) is 0 Å². The predicted octanol–water partition coefficient (Wildman–Crippen LogP) is 6.76. The number of rotatable bonds is 8. The molecular weight excluding hydrogens is 470 g/mol. The number of imidazole rings is 1. The molecule has 5 rings (SSSR count). The lowest BCUT2D eigenvalue weighted by molar-refractivity contribution is -0.117. The highest BCUT2D eigenvalue weighted by Gasteiger charge is 2.35. The van der Waals surface area contributed by atoms with Gasteiger partial charge in [-0.05, 0) is 69.0 Å². The second kappa shape index (κ2) is 11.2. The van der Waals surface area contributed by atoms with E-state index < -0.39 is 0 Å². The van der Waals surface area contributed by atoms with Crippen molar-refractivity contribution in [3.05, 3.63) is 89.2 Å². The highest BCUT2D eigenvalue weighted by Crippen LogP contribution is 2.35. The van der Waals surface area contributed by atoms with Crippen LogP contribution in [0.4, 0.5) is 5.69 Å². The van der Waals surface area contributed by atoms with Gasteiger partial charge in [-0.2, -0.15) is 0 Å². The zero-order valence-corrected chi connectivity index (χ0v) is 22.1. The third kappa shape index (κ3) is 5.26. The lowest BCUT2D eigenvalue weighted by atomic mass is 10.1. The number of hydrogen-bond donors (Lipinski definition) is 0. The maximum Gasteiger partial charge on any atom is 0.227 e. The average Bonchev–Trinajstić information content (AvgIpc) is 3.40. The molecule has 188 valence electrons. The van der Waals surface area contributed by atoms with Gasteiger partial charge in [0.15, 0.2) is 0 Å². The molecule has 1 atom stereocenters. The second-order valence-electron chi connectivity index (χ2n) is 9.63. The summed E-state index contributed by atoms with van der Waals surface area (Å²) >= 11 is 0. The lowest BCUT2D eigenvalue weighted by Crippen LogP contribution is -2.25. The summed E-state index contributed by atoms with van der Waals surface area (Å²) in [4.78, 5) is 20.0. The van der Waals surface area contributed by atoms with Crippen molar-refractivity contribution in [1.29, 1.82) is 0 Å². The molecule has 4 aromatic rings. The fourth-order valence-electron chi connectivity index (χ4n) is 5.13. The molecule has 0 N–H and O–H groups in total. The summed E-state index contributed by atoms with van der Waals surface area (Å²) in [7, 11) is 0. The first-order valence-electron chi connectivity index (χ1n) is 12.5. The van der Waals surface area contributed by atoms with Gasteiger partial charge < -0.3 is 14.2 Å². The van der Waals surface area contributed by atoms with Crippen molar-refractivity contribution in [2.45, 2.75) is 52.5 Å². The van der Waals surface area contributed by atoms with E-state index in [1.165, 1.54) is 5.56 Å². The first-order chi connectivity index (χ1) is 17.0. The van der Waals surface area contributed by atoms with E-state index in [4.69, 9.17) is 9.72 Å². The Morgan fingerprint density at radius 2 is 1.72 bits per heavy atom. The van der Waals surface area contributed by atoms with Crippen LogP contribution in [0.5, 0.6) is 5.75 Å². The summed E-state index contributed by atoms with van der Waals surface area (Å²) < 4.78 is 8.32. The van der Waals surface area contributed by atoms with Crippen molar-refractivity contribution in [3.8, 4) is 5.75 Å². The first-order valence-corrected chi connectivity index (χ1v) is 12.5. The Kier molecular flexibility index (Phi) is 8.00. The van der Waals surface area contributed by atoms with Crippen molar-refractivity contribution >= 4 is 35.0 Å². The summed E-state index contributed by atoms with van der Waals surface area (Å²) in [5.41, 5.74) is 6.66. The normalized spacial score (nSPS) is 15.4. The Morgan fingerprint density at radius 1 is 0.944 bits per heavy atom. The minimum absolute atomic E-state index is 0. The van der Waals surface area contributed by atoms with Crippen LogP contribution in [0, 0.1) is 20.8 Å². The van der Waals surface area contributed by atoms with Crippen LogP contribution in [0.1, 0.15) is 47.7 Å². The molecule has 0 radical (unpaired) electrons. The highest BCUT2D eigenvalue weighted by atomic mass is 35.5. The van der Waals surface area contributed by atoms with Crippen LogP contribution < -0.4 is 9.64 Å². The molecule has 1 aliphatic rings. The topological polar surface area (TPSA) is 47.4 Å². The van der Waals surface area contributed by atoms with Gasteiger partial charge in [-0.25, -0.2) is 4.98 Å². The number of halogens is 1. The first kappa shape index (κ1) is 25.8. The molecule has 1 aromatic heterocycles. The zero-order chi connectivity index (χ0) is 24.4. The number of benzene rings is 3. The second-order valence-corrected chi connectivity index (χ2v) is 9.63. The van der Waals surface area contributed by atoms with Crippen molar-refractivity contribution < 1.29 is 9.53 Å². The summed E-state index contributed by atoms with van der Waals surface area (Å²) in [5.74, 6) is 2.23. The van der Waals surface area contributed by atoms with Crippen molar-refractivity contribution in [2.24, 2.45) is 0 Å². The van der Waals surface area contributed by atoms with E-state index in [2.05, 4.69) is 67.8 Å². The van der Waals surface area contributed by atoms with Crippen molar-refractivity contribution in [3.63, 3.8) is 0 Å². The summed E-state index contributed by atoms with van der Waals surface area (Å²) in [5, 5.41) is 0. The average molecular weight is 504 g/mol.